The van der Waals surface area contributed by atoms with Gasteiger partial charge in [-0.2, -0.15) is 10.4 Å². The van der Waals surface area contributed by atoms with Crippen LogP contribution in [-0.2, 0) is 0 Å². The van der Waals surface area contributed by atoms with Gasteiger partial charge in [0.1, 0.15) is 11.9 Å². The maximum Gasteiger partial charge on any atom is 0.144 e. The Hall–Kier alpha value is -3.13. The number of rotatable bonds is 4. The molecule has 0 aliphatic rings. The van der Waals surface area contributed by atoms with E-state index < -0.39 is 0 Å². The first kappa shape index (κ1) is 13.8. The Morgan fingerprint density at radius 3 is 2.86 bits per heavy atom. The molecular weight excluding hydrogens is 274 g/mol. The Morgan fingerprint density at radius 1 is 1.18 bits per heavy atom. The van der Waals surface area contributed by atoms with Crippen LogP contribution in [0.4, 0.5) is 5.82 Å². The van der Waals surface area contributed by atoms with Gasteiger partial charge in [-0.15, -0.1) is 0 Å². The highest BCUT2D eigenvalue weighted by Gasteiger charge is 2.10. The van der Waals surface area contributed by atoms with Crippen LogP contribution in [0.5, 0.6) is 0 Å². The molecule has 2 heterocycles. The summed E-state index contributed by atoms with van der Waals surface area (Å²) in [5.41, 5.74) is 2.64. The predicted molar refractivity (Wildman–Crippen MR) is 84.6 cm³/mol. The smallest absolute Gasteiger partial charge is 0.144 e. The highest BCUT2D eigenvalue weighted by atomic mass is 15.3. The molecule has 3 rings (SSSR count). The molecule has 0 aliphatic carbocycles. The summed E-state index contributed by atoms with van der Waals surface area (Å²) < 4.78 is 1.82. The van der Waals surface area contributed by atoms with Gasteiger partial charge in [0.05, 0.1) is 17.3 Å². The molecule has 0 aliphatic heterocycles. The number of nitrogens with zero attached hydrogens (tertiary/aromatic N) is 4. The van der Waals surface area contributed by atoms with Crippen LogP contribution in [0.1, 0.15) is 24.1 Å². The van der Waals surface area contributed by atoms with E-state index in [-0.39, 0.29) is 6.04 Å². The van der Waals surface area contributed by atoms with Crippen LogP contribution in [0.3, 0.4) is 0 Å². The van der Waals surface area contributed by atoms with E-state index in [0.29, 0.717) is 11.4 Å². The summed E-state index contributed by atoms with van der Waals surface area (Å²) in [6.07, 6.45) is 5.33. The molecule has 5 nitrogen and oxygen atoms in total. The summed E-state index contributed by atoms with van der Waals surface area (Å²) in [5.74, 6) is 0.599. The van der Waals surface area contributed by atoms with Crippen LogP contribution in [0.25, 0.3) is 5.69 Å². The normalized spacial score (nSPS) is 11.6. The van der Waals surface area contributed by atoms with Gasteiger partial charge in [0, 0.05) is 18.6 Å². The number of pyridine rings is 1. The minimum Gasteiger partial charge on any atom is -0.362 e. The van der Waals surface area contributed by atoms with Crippen LogP contribution >= 0.6 is 0 Å². The Morgan fingerprint density at radius 2 is 2.09 bits per heavy atom. The van der Waals surface area contributed by atoms with E-state index >= 15 is 0 Å². The topological polar surface area (TPSA) is 66.5 Å². The average molecular weight is 289 g/mol. The third-order valence-electron chi connectivity index (χ3n) is 3.42. The molecule has 108 valence electrons. The van der Waals surface area contributed by atoms with Crippen molar-refractivity contribution in [2.24, 2.45) is 0 Å². The molecule has 5 heteroatoms. The summed E-state index contributed by atoms with van der Waals surface area (Å²) in [6, 6.07) is 15.7. The van der Waals surface area contributed by atoms with E-state index in [0.717, 1.165) is 11.3 Å². The number of anilines is 1. The molecule has 0 saturated carbocycles. The molecule has 0 radical (unpaired) electrons. The maximum atomic E-state index is 9.13. The molecule has 1 unspecified atom stereocenters. The molecule has 22 heavy (non-hydrogen) atoms. The minimum atomic E-state index is 0.0255. The molecule has 2 aromatic heterocycles. The van der Waals surface area contributed by atoms with Gasteiger partial charge < -0.3 is 5.32 Å². The number of hydrogen-bond acceptors (Lipinski definition) is 4. The van der Waals surface area contributed by atoms with E-state index in [4.69, 9.17) is 5.26 Å². The fourth-order valence-corrected chi connectivity index (χ4v) is 2.26. The van der Waals surface area contributed by atoms with E-state index in [9.17, 15) is 0 Å². The third-order valence-corrected chi connectivity index (χ3v) is 3.42. The fraction of sp³-hybridized carbons (Fsp3) is 0.118. The second kappa shape index (κ2) is 6.10. The van der Waals surface area contributed by atoms with Crippen molar-refractivity contribution in [3.05, 3.63) is 72.2 Å². The quantitative estimate of drug-likeness (QED) is 0.800. The first-order chi connectivity index (χ1) is 10.8. The molecule has 0 amide bonds. The van der Waals surface area contributed by atoms with Crippen molar-refractivity contribution in [2.75, 3.05) is 5.32 Å². The molecule has 1 atom stereocenters. The maximum absolute atomic E-state index is 9.13. The van der Waals surface area contributed by atoms with Gasteiger partial charge in [0.2, 0.25) is 0 Å². The van der Waals surface area contributed by atoms with Crippen LogP contribution in [-0.4, -0.2) is 14.8 Å². The predicted octanol–water partition coefficient (Wildman–Crippen LogP) is 3.31. The van der Waals surface area contributed by atoms with Crippen molar-refractivity contribution < 1.29 is 0 Å². The highest BCUT2D eigenvalue weighted by molar-refractivity contribution is 5.52. The summed E-state index contributed by atoms with van der Waals surface area (Å²) in [7, 11) is 0. The minimum absolute atomic E-state index is 0.0255. The van der Waals surface area contributed by atoms with E-state index in [1.54, 1.807) is 24.5 Å². The highest BCUT2D eigenvalue weighted by Crippen LogP contribution is 2.21. The van der Waals surface area contributed by atoms with E-state index in [1.807, 2.05) is 42.1 Å². The Bertz CT molecular complexity index is 802. The summed E-state index contributed by atoms with van der Waals surface area (Å²) in [4.78, 5) is 4.24. The summed E-state index contributed by atoms with van der Waals surface area (Å²) in [5, 5.41) is 16.7. The van der Waals surface area contributed by atoms with E-state index in [2.05, 4.69) is 27.5 Å². The molecule has 3 aromatic rings. The fourth-order valence-electron chi connectivity index (χ4n) is 2.26. The van der Waals surface area contributed by atoms with Crippen molar-refractivity contribution in [1.29, 1.82) is 5.26 Å². The van der Waals surface area contributed by atoms with Gasteiger partial charge in [0.25, 0.3) is 0 Å². The number of hydrogen-bond donors (Lipinski definition) is 1. The molecule has 1 aromatic carbocycles. The Labute approximate surface area is 128 Å². The van der Waals surface area contributed by atoms with E-state index in [1.165, 1.54) is 0 Å². The molecule has 0 bridgehead atoms. The number of nitriles is 1. The Kier molecular flexibility index (Phi) is 3.84. The van der Waals surface area contributed by atoms with Crippen molar-refractivity contribution >= 4 is 5.82 Å². The lowest BCUT2D eigenvalue weighted by Crippen LogP contribution is -2.09. The van der Waals surface area contributed by atoms with Crippen LogP contribution in [0.15, 0.2) is 61.1 Å². The SMILES string of the molecule is CC(Nc1ncccc1C#N)c1cccc(-n2cccn2)c1. The molecule has 1 N–H and O–H groups in total. The van der Waals surface area contributed by atoms with Crippen molar-refractivity contribution in [3.8, 4) is 11.8 Å². The van der Waals surface area contributed by atoms with Gasteiger partial charge in [-0.3, -0.25) is 0 Å². The molecule has 0 fully saturated rings. The lowest BCUT2D eigenvalue weighted by Gasteiger charge is -2.16. The van der Waals surface area contributed by atoms with Crippen LogP contribution in [0, 0.1) is 11.3 Å². The lowest BCUT2D eigenvalue weighted by atomic mass is 10.1. The zero-order valence-electron chi connectivity index (χ0n) is 12.1. The van der Waals surface area contributed by atoms with Gasteiger partial charge >= 0.3 is 0 Å². The number of aromatic nitrogens is 3. The standard InChI is InChI=1S/C17H15N5/c1-13(21-17-15(12-18)6-3-8-19-17)14-5-2-7-16(11-14)22-10-4-9-20-22/h2-11,13H,1H3,(H,19,21). The van der Waals surface area contributed by atoms with Gasteiger partial charge in [-0.05, 0) is 42.8 Å². The zero-order chi connectivity index (χ0) is 15.4. The molecular formula is C17H15N5. The molecule has 0 spiro atoms. The Balaban J connectivity index is 1.85. The second-order valence-electron chi connectivity index (χ2n) is 4.92. The first-order valence-electron chi connectivity index (χ1n) is 6.99. The first-order valence-corrected chi connectivity index (χ1v) is 6.99. The van der Waals surface area contributed by atoms with Gasteiger partial charge in [0.15, 0.2) is 0 Å². The zero-order valence-corrected chi connectivity index (χ0v) is 12.1. The number of nitrogens with one attached hydrogen (secondary N) is 1. The number of benzene rings is 1. The van der Waals surface area contributed by atoms with Crippen molar-refractivity contribution in [2.45, 2.75) is 13.0 Å². The monoisotopic (exact) mass is 289 g/mol. The summed E-state index contributed by atoms with van der Waals surface area (Å²) in [6.45, 7) is 2.04. The van der Waals surface area contributed by atoms with Crippen molar-refractivity contribution in [1.82, 2.24) is 14.8 Å². The summed E-state index contributed by atoms with van der Waals surface area (Å²) >= 11 is 0. The second-order valence-corrected chi connectivity index (χ2v) is 4.92. The van der Waals surface area contributed by atoms with Crippen molar-refractivity contribution in [3.63, 3.8) is 0 Å². The third kappa shape index (κ3) is 2.81. The van der Waals surface area contributed by atoms with Gasteiger partial charge in [-0.1, -0.05) is 12.1 Å². The van der Waals surface area contributed by atoms with Crippen LogP contribution < -0.4 is 5.32 Å². The molecule has 0 saturated heterocycles. The van der Waals surface area contributed by atoms with Gasteiger partial charge in [-0.25, -0.2) is 9.67 Å². The van der Waals surface area contributed by atoms with Crippen LogP contribution in [0.2, 0.25) is 0 Å². The average Bonchev–Trinajstić information content (AvgIpc) is 3.10. The largest absolute Gasteiger partial charge is 0.362 e. The lowest BCUT2D eigenvalue weighted by molar-refractivity contribution is 0.849.